The normalized spacial score (nSPS) is 24.0. The van der Waals surface area contributed by atoms with Crippen LogP contribution in [0.25, 0.3) is 0 Å². The van der Waals surface area contributed by atoms with Crippen molar-refractivity contribution < 1.29 is 9.66 Å². The maximum Gasteiger partial charge on any atom is 0.273 e. The number of hydrogen-bond acceptors (Lipinski definition) is 4. The summed E-state index contributed by atoms with van der Waals surface area (Å²) >= 11 is 3.38. The first-order chi connectivity index (χ1) is 9.36. The SMILES string of the molecule is CCNC1CC(Oc2cc([N+](=O)[O-])ccc2Br)C1(C)C. The molecule has 1 aromatic carbocycles. The zero-order valence-electron chi connectivity index (χ0n) is 11.9. The van der Waals surface area contributed by atoms with Crippen LogP contribution < -0.4 is 10.1 Å². The Kier molecular flexibility index (Phi) is 4.34. The molecule has 0 aliphatic heterocycles. The van der Waals surface area contributed by atoms with E-state index in [1.165, 1.54) is 12.1 Å². The largest absolute Gasteiger partial charge is 0.488 e. The van der Waals surface area contributed by atoms with Crippen LogP contribution in [0.15, 0.2) is 22.7 Å². The van der Waals surface area contributed by atoms with Crippen molar-refractivity contribution in [2.45, 2.75) is 39.3 Å². The molecular formula is C14H19BrN2O3. The predicted octanol–water partition coefficient (Wildman–Crippen LogP) is 3.51. The Morgan fingerprint density at radius 1 is 1.55 bits per heavy atom. The maximum absolute atomic E-state index is 10.8. The maximum atomic E-state index is 10.8. The lowest BCUT2D eigenvalue weighted by molar-refractivity contribution is -0.385. The van der Waals surface area contributed by atoms with E-state index in [1.807, 2.05) is 0 Å². The van der Waals surface area contributed by atoms with Gasteiger partial charge in [-0.15, -0.1) is 0 Å². The lowest BCUT2D eigenvalue weighted by Gasteiger charge is -2.51. The van der Waals surface area contributed by atoms with Gasteiger partial charge in [0.1, 0.15) is 11.9 Å². The van der Waals surface area contributed by atoms with Crippen molar-refractivity contribution >= 4 is 21.6 Å². The second-order valence-electron chi connectivity index (χ2n) is 5.65. The molecule has 2 rings (SSSR count). The number of nitro groups is 1. The molecule has 0 amide bonds. The Hall–Kier alpha value is -1.14. The van der Waals surface area contributed by atoms with Crippen molar-refractivity contribution in [1.29, 1.82) is 0 Å². The van der Waals surface area contributed by atoms with Gasteiger partial charge in [-0.2, -0.15) is 0 Å². The number of rotatable bonds is 5. The van der Waals surface area contributed by atoms with Gasteiger partial charge in [0.15, 0.2) is 0 Å². The van der Waals surface area contributed by atoms with E-state index >= 15 is 0 Å². The van der Waals surface area contributed by atoms with Crippen LogP contribution in [0.2, 0.25) is 0 Å². The first kappa shape index (κ1) is 15.3. The Morgan fingerprint density at radius 2 is 2.25 bits per heavy atom. The summed E-state index contributed by atoms with van der Waals surface area (Å²) in [7, 11) is 0. The molecule has 1 aliphatic rings. The average Bonchev–Trinajstić information content (AvgIpc) is 2.39. The molecule has 0 aromatic heterocycles. The van der Waals surface area contributed by atoms with Crippen LogP contribution in [0.1, 0.15) is 27.2 Å². The molecule has 6 heteroatoms. The summed E-state index contributed by atoms with van der Waals surface area (Å²) in [5.74, 6) is 0.534. The standard InChI is InChI=1S/C14H19BrN2O3/c1-4-16-12-8-13(14(12,2)3)20-11-7-9(17(18)19)5-6-10(11)15/h5-7,12-13,16H,4,8H2,1-3H3. The van der Waals surface area contributed by atoms with Crippen LogP contribution in [0.4, 0.5) is 5.69 Å². The minimum Gasteiger partial charge on any atom is -0.488 e. The number of non-ortho nitro benzene ring substituents is 1. The Balaban J connectivity index is 2.12. The summed E-state index contributed by atoms with van der Waals surface area (Å²) in [6.07, 6.45) is 0.973. The van der Waals surface area contributed by atoms with Gasteiger partial charge in [0.25, 0.3) is 5.69 Å². The summed E-state index contributed by atoms with van der Waals surface area (Å²) in [6, 6.07) is 5.02. The fraction of sp³-hybridized carbons (Fsp3) is 0.571. The third-order valence-electron chi connectivity index (χ3n) is 4.02. The van der Waals surface area contributed by atoms with Crippen molar-refractivity contribution in [3.05, 3.63) is 32.8 Å². The first-order valence-corrected chi connectivity index (χ1v) is 7.49. The zero-order chi connectivity index (χ0) is 14.9. The molecule has 5 nitrogen and oxygen atoms in total. The van der Waals surface area contributed by atoms with Gasteiger partial charge in [-0.1, -0.05) is 20.8 Å². The van der Waals surface area contributed by atoms with E-state index in [4.69, 9.17) is 4.74 Å². The van der Waals surface area contributed by atoms with E-state index in [9.17, 15) is 10.1 Å². The van der Waals surface area contributed by atoms with Gasteiger partial charge < -0.3 is 10.1 Å². The van der Waals surface area contributed by atoms with Crippen LogP contribution in [-0.4, -0.2) is 23.6 Å². The van der Waals surface area contributed by atoms with Crippen LogP contribution in [0, 0.1) is 15.5 Å². The molecule has 110 valence electrons. The van der Waals surface area contributed by atoms with Crippen molar-refractivity contribution in [1.82, 2.24) is 5.32 Å². The van der Waals surface area contributed by atoms with Crippen molar-refractivity contribution in [3.8, 4) is 5.75 Å². The zero-order valence-corrected chi connectivity index (χ0v) is 13.4. The molecular weight excluding hydrogens is 324 g/mol. The molecule has 0 heterocycles. The monoisotopic (exact) mass is 342 g/mol. The quantitative estimate of drug-likeness (QED) is 0.656. The Bertz CT molecular complexity index is 519. The average molecular weight is 343 g/mol. The number of halogens is 1. The highest BCUT2D eigenvalue weighted by Crippen LogP contribution is 2.44. The van der Waals surface area contributed by atoms with Gasteiger partial charge in [-0.25, -0.2) is 0 Å². The van der Waals surface area contributed by atoms with Crippen LogP contribution >= 0.6 is 15.9 Å². The minimum atomic E-state index is -0.410. The number of nitrogens with zero attached hydrogens (tertiary/aromatic N) is 1. The van der Waals surface area contributed by atoms with Crippen LogP contribution in [0.5, 0.6) is 5.75 Å². The fourth-order valence-corrected chi connectivity index (χ4v) is 2.87. The number of nitrogens with one attached hydrogen (secondary N) is 1. The van der Waals surface area contributed by atoms with E-state index in [2.05, 4.69) is 42.0 Å². The topological polar surface area (TPSA) is 64.4 Å². The highest BCUT2D eigenvalue weighted by Gasteiger charge is 2.49. The van der Waals surface area contributed by atoms with Gasteiger partial charge in [-0.3, -0.25) is 10.1 Å². The van der Waals surface area contributed by atoms with Crippen LogP contribution in [-0.2, 0) is 0 Å². The molecule has 1 fully saturated rings. The third kappa shape index (κ3) is 2.81. The van der Waals surface area contributed by atoms with Gasteiger partial charge in [0, 0.05) is 23.9 Å². The van der Waals surface area contributed by atoms with Gasteiger partial charge in [0.05, 0.1) is 15.5 Å². The van der Waals surface area contributed by atoms with Gasteiger partial charge in [-0.05, 0) is 28.5 Å². The molecule has 0 radical (unpaired) electrons. The van der Waals surface area contributed by atoms with Gasteiger partial charge in [0.2, 0.25) is 0 Å². The highest BCUT2D eigenvalue weighted by molar-refractivity contribution is 9.10. The molecule has 0 saturated heterocycles. The van der Waals surface area contributed by atoms with Crippen molar-refractivity contribution in [2.75, 3.05) is 6.54 Å². The highest BCUT2D eigenvalue weighted by atomic mass is 79.9. The Labute approximate surface area is 127 Å². The molecule has 0 bridgehead atoms. The summed E-state index contributed by atoms with van der Waals surface area (Å²) in [4.78, 5) is 10.4. The lowest BCUT2D eigenvalue weighted by atomic mass is 9.64. The summed E-state index contributed by atoms with van der Waals surface area (Å²) < 4.78 is 6.71. The fourth-order valence-electron chi connectivity index (χ4n) is 2.53. The van der Waals surface area contributed by atoms with E-state index in [1.54, 1.807) is 6.07 Å². The number of hydrogen-bond donors (Lipinski definition) is 1. The van der Waals surface area contributed by atoms with E-state index in [-0.39, 0.29) is 17.2 Å². The smallest absolute Gasteiger partial charge is 0.273 e. The predicted molar refractivity (Wildman–Crippen MR) is 81.1 cm³/mol. The van der Waals surface area contributed by atoms with E-state index in [0.717, 1.165) is 17.4 Å². The second-order valence-corrected chi connectivity index (χ2v) is 6.50. The molecule has 0 spiro atoms. The lowest BCUT2D eigenvalue weighted by Crippen LogP contribution is -2.62. The van der Waals surface area contributed by atoms with Crippen LogP contribution in [0.3, 0.4) is 0 Å². The van der Waals surface area contributed by atoms with E-state index < -0.39 is 4.92 Å². The molecule has 20 heavy (non-hydrogen) atoms. The first-order valence-electron chi connectivity index (χ1n) is 6.70. The summed E-state index contributed by atoms with van der Waals surface area (Å²) in [5.41, 5.74) is 0.0589. The number of nitro benzene ring substituents is 1. The second kappa shape index (κ2) is 5.69. The number of ether oxygens (including phenoxy) is 1. The molecule has 1 saturated carbocycles. The van der Waals surface area contributed by atoms with Crippen molar-refractivity contribution in [2.24, 2.45) is 5.41 Å². The van der Waals surface area contributed by atoms with E-state index in [0.29, 0.717) is 11.8 Å². The van der Waals surface area contributed by atoms with Crippen molar-refractivity contribution in [3.63, 3.8) is 0 Å². The number of benzene rings is 1. The molecule has 2 atom stereocenters. The third-order valence-corrected chi connectivity index (χ3v) is 4.68. The Morgan fingerprint density at radius 3 is 2.80 bits per heavy atom. The summed E-state index contributed by atoms with van der Waals surface area (Å²) in [5, 5.41) is 14.3. The molecule has 1 aliphatic carbocycles. The molecule has 1 N–H and O–H groups in total. The molecule has 2 unspecified atom stereocenters. The van der Waals surface area contributed by atoms with Gasteiger partial charge >= 0.3 is 0 Å². The minimum absolute atomic E-state index is 0.0140. The summed E-state index contributed by atoms with van der Waals surface area (Å²) in [6.45, 7) is 7.32. The molecule has 1 aromatic rings.